The zero-order valence-corrected chi connectivity index (χ0v) is 37.3. The molecular weight excluding hydrogens is 861 g/mol. The van der Waals surface area contributed by atoms with E-state index in [1.54, 1.807) is 6.33 Å². The zero-order chi connectivity index (χ0) is 39.6. The summed E-state index contributed by atoms with van der Waals surface area (Å²) in [5.41, 5.74) is 6.67. The van der Waals surface area contributed by atoms with Crippen LogP contribution in [-0.4, -0.2) is 20.9 Å². The molecular formula is C48H59IrN2O4-. The molecule has 0 aliphatic carbocycles. The normalized spacial score (nSPS) is 12.6. The molecule has 6 rings (SSSR count). The number of rotatable bonds is 11. The molecule has 0 aliphatic heterocycles. The number of para-hydroxylation sites is 1. The van der Waals surface area contributed by atoms with Gasteiger partial charge in [0.2, 0.25) is 0 Å². The van der Waals surface area contributed by atoms with Crippen LogP contribution in [0.4, 0.5) is 0 Å². The van der Waals surface area contributed by atoms with Crippen molar-refractivity contribution in [3.8, 4) is 22.6 Å². The number of aromatic nitrogens is 2. The molecule has 6 aromatic rings. The molecule has 0 atom stereocenters. The minimum absolute atomic E-state index is 0. The van der Waals surface area contributed by atoms with Gasteiger partial charge in [0.1, 0.15) is 40.3 Å². The van der Waals surface area contributed by atoms with E-state index in [1.165, 1.54) is 22.6 Å². The van der Waals surface area contributed by atoms with Gasteiger partial charge >= 0.3 is 0 Å². The number of hydrogen-bond acceptors (Lipinski definition) is 6. The van der Waals surface area contributed by atoms with Crippen molar-refractivity contribution in [2.75, 3.05) is 0 Å². The first kappa shape index (κ1) is 43.7. The smallest absolute Gasteiger partial charge is 0.164 e. The van der Waals surface area contributed by atoms with Gasteiger partial charge in [-0.2, -0.15) is 0 Å². The van der Waals surface area contributed by atoms with Crippen LogP contribution in [0.5, 0.6) is 0 Å². The molecule has 0 bridgehead atoms. The Balaban J connectivity index is 0.000000320. The second-order valence-electron chi connectivity index (χ2n) is 16.8. The minimum Gasteiger partial charge on any atom is -0.512 e. The summed E-state index contributed by atoms with van der Waals surface area (Å²) in [6.07, 6.45) is 7.27. The number of aliphatic hydroxyl groups excluding tert-OH is 1. The second-order valence-corrected chi connectivity index (χ2v) is 16.8. The third-order valence-electron chi connectivity index (χ3n) is 11.7. The van der Waals surface area contributed by atoms with E-state index in [4.69, 9.17) is 8.83 Å². The number of nitrogens with zero attached hydrogens (tertiary/aromatic N) is 2. The number of benzene rings is 3. The van der Waals surface area contributed by atoms with Crippen molar-refractivity contribution in [3.05, 3.63) is 95.7 Å². The summed E-state index contributed by atoms with van der Waals surface area (Å²) in [5, 5.41) is 13.5. The number of hydrogen-bond donors (Lipinski definition) is 1. The molecule has 3 aromatic heterocycles. The van der Waals surface area contributed by atoms with Gasteiger partial charge in [-0.05, 0) is 55.6 Å². The second kappa shape index (κ2) is 17.4. The number of ketones is 1. The summed E-state index contributed by atoms with van der Waals surface area (Å²) in [6, 6.07) is 22.4. The Bertz CT molecular complexity index is 2290. The van der Waals surface area contributed by atoms with Crippen molar-refractivity contribution >= 4 is 38.6 Å². The standard InChI is InChI=1S/C33H31N2O2.C15H28O2.Ir/c1-19(2)14-28-20(3)23-12-9-13-25(31(23)36-28)29-17-27-32(37-29)30(35-18-34-27)22-15-21-10-7-8-11-24(21)26(16-22)33(4,5)6;1-7-14(5,8-2)12(16)11-13(17)15(6,9-3)10-4;/h7-13,16-19H,14H2,1-6H3;11,16H,7-10H2,1-6H3;/q-1;;/b;12-11-;. The molecule has 0 unspecified atom stereocenters. The number of carbonyl (C=O) groups is 1. The first-order valence-electron chi connectivity index (χ1n) is 19.7. The fourth-order valence-electron chi connectivity index (χ4n) is 6.89. The van der Waals surface area contributed by atoms with Crippen LogP contribution < -0.4 is 0 Å². The van der Waals surface area contributed by atoms with E-state index in [9.17, 15) is 9.90 Å². The van der Waals surface area contributed by atoms with Crippen molar-refractivity contribution in [2.45, 2.75) is 121 Å². The number of aliphatic hydroxyl groups is 1. The monoisotopic (exact) mass is 920 g/mol. The van der Waals surface area contributed by atoms with E-state index >= 15 is 0 Å². The Morgan fingerprint density at radius 1 is 0.836 bits per heavy atom. The van der Waals surface area contributed by atoms with E-state index in [1.807, 2.05) is 47.6 Å². The van der Waals surface area contributed by atoms with Gasteiger partial charge in [-0.15, -0.1) is 29.1 Å². The summed E-state index contributed by atoms with van der Waals surface area (Å²) >= 11 is 0. The molecule has 295 valence electrons. The molecule has 1 radical (unpaired) electrons. The predicted molar refractivity (Wildman–Crippen MR) is 224 cm³/mol. The molecule has 6 nitrogen and oxygen atoms in total. The van der Waals surface area contributed by atoms with Crippen molar-refractivity contribution in [3.63, 3.8) is 0 Å². The molecule has 0 amide bonds. The van der Waals surface area contributed by atoms with Gasteiger partial charge in [0, 0.05) is 54.9 Å². The number of aryl methyl sites for hydroxylation is 1. The Kier molecular flexibility index (Phi) is 13.8. The fourth-order valence-corrected chi connectivity index (χ4v) is 6.89. The van der Waals surface area contributed by atoms with Gasteiger partial charge in [-0.1, -0.05) is 117 Å². The Labute approximate surface area is 341 Å². The van der Waals surface area contributed by atoms with Crippen LogP contribution >= 0.6 is 0 Å². The SMILES string of the molecule is CCC(C)(CC)C(=O)/C=C(\O)C(C)(CC)CC.Cc1c(CC(C)C)oc2c(-c3cc4ncnc(-c5[c-]c6ccccc6c(C(C)(C)C)c5)c4o3)cccc12.[Ir]. The maximum Gasteiger partial charge on any atom is 0.164 e. The maximum atomic E-state index is 12.2. The first-order chi connectivity index (χ1) is 25.5. The number of furan rings is 2. The first-order valence-corrected chi connectivity index (χ1v) is 19.7. The summed E-state index contributed by atoms with van der Waals surface area (Å²) in [5.74, 6) is 2.57. The fraction of sp³-hybridized carbons (Fsp3) is 0.438. The Hall–Kier alpha value is -4.06. The molecule has 55 heavy (non-hydrogen) atoms. The van der Waals surface area contributed by atoms with Crippen LogP contribution in [0.15, 0.2) is 81.6 Å². The minimum atomic E-state index is -0.337. The predicted octanol–water partition coefficient (Wildman–Crippen LogP) is 13.7. The number of fused-ring (bicyclic) bond motifs is 3. The molecule has 0 aliphatic rings. The molecule has 0 fully saturated rings. The van der Waals surface area contributed by atoms with E-state index in [-0.39, 0.29) is 47.9 Å². The molecule has 7 heteroatoms. The van der Waals surface area contributed by atoms with Gasteiger partial charge in [0.25, 0.3) is 0 Å². The van der Waals surface area contributed by atoms with Crippen LogP contribution in [0.3, 0.4) is 0 Å². The van der Waals surface area contributed by atoms with Crippen molar-refractivity contribution in [2.24, 2.45) is 16.7 Å². The van der Waals surface area contributed by atoms with E-state index < -0.39 is 0 Å². The largest absolute Gasteiger partial charge is 0.512 e. The van der Waals surface area contributed by atoms with Gasteiger partial charge in [0.05, 0.1) is 11.3 Å². The van der Waals surface area contributed by atoms with Crippen LogP contribution in [0.1, 0.15) is 119 Å². The summed E-state index contributed by atoms with van der Waals surface area (Å²) in [6.45, 7) is 25.3. The molecule has 1 N–H and O–H groups in total. The Morgan fingerprint density at radius 2 is 1.47 bits per heavy atom. The topological polar surface area (TPSA) is 89.4 Å². The van der Waals surface area contributed by atoms with Gasteiger partial charge < -0.3 is 13.9 Å². The zero-order valence-electron chi connectivity index (χ0n) is 34.9. The molecule has 3 aromatic carbocycles. The van der Waals surface area contributed by atoms with Crippen LogP contribution in [0.25, 0.3) is 55.4 Å². The van der Waals surface area contributed by atoms with Crippen molar-refractivity contribution in [1.29, 1.82) is 0 Å². The van der Waals surface area contributed by atoms with Gasteiger partial charge in [0.15, 0.2) is 5.78 Å². The quantitative estimate of drug-likeness (QED) is 0.0791. The van der Waals surface area contributed by atoms with Gasteiger partial charge in [-0.3, -0.25) is 9.78 Å². The van der Waals surface area contributed by atoms with Crippen molar-refractivity contribution in [1.82, 2.24) is 9.97 Å². The van der Waals surface area contributed by atoms with Crippen molar-refractivity contribution < 1.29 is 38.8 Å². The third kappa shape index (κ3) is 9.00. The van der Waals surface area contributed by atoms with E-state index in [0.717, 1.165) is 82.3 Å². The average molecular weight is 920 g/mol. The Morgan fingerprint density at radius 3 is 2.09 bits per heavy atom. The summed E-state index contributed by atoms with van der Waals surface area (Å²) in [7, 11) is 0. The average Bonchev–Trinajstić information content (AvgIpc) is 3.73. The van der Waals surface area contributed by atoms with Crippen LogP contribution in [0.2, 0.25) is 0 Å². The van der Waals surface area contributed by atoms with Crippen LogP contribution in [0, 0.1) is 29.7 Å². The maximum absolute atomic E-state index is 12.2. The van der Waals surface area contributed by atoms with Gasteiger partial charge in [-0.25, -0.2) is 4.98 Å². The van der Waals surface area contributed by atoms with Crippen LogP contribution in [-0.2, 0) is 36.7 Å². The summed E-state index contributed by atoms with van der Waals surface area (Å²) in [4.78, 5) is 21.4. The molecule has 3 heterocycles. The molecule has 0 saturated carbocycles. The summed E-state index contributed by atoms with van der Waals surface area (Å²) < 4.78 is 12.9. The van der Waals surface area contributed by atoms with E-state index in [0.29, 0.717) is 11.5 Å². The third-order valence-corrected chi connectivity index (χ3v) is 11.7. The van der Waals surface area contributed by atoms with E-state index in [2.05, 4.69) is 106 Å². The number of carbonyl (C=O) groups excluding carboxylic acids is 1. The number of allylic oxidation sites excluding steroid dienone is 2. The molecule has 0 spiro atoms. The molecule has 0 saturated heterocycles.